The third-order valence-corrected chi connectivity index (χ3v) is 3.02. The molecule has 120 valence electrons. The SMILES string of the molecule is O=S(=O)(Oc1cccc(C(F)(F)C(F)(F)F)c1)C(F)(F)F. The molecule has 0 saturated heterocycles. The maximum atomic E-state index is 13.0. The predicted molar refractivity (Wildman–Crippen MR) is 52.0 cm³/mol. The van der Waals surface area contributed by atoms with Gasteiger partial charge in [0, 0.05) is 5.56 Å². The zero-order chi connectivity index (χ0) is 16.7. The molecule has 0 spiro atoms. The molecular weight excluding hydrogens is 340 g/mol. The van der Waals surface area contributed by atoms with Gasteiger partial charge in [-0.05, 0) is 12.1 Å². The predicted octanol–water partition coefficient (Wildman–Crippen LogP) is 3.57. The highest BCUT2D eigenvalue weighted by atomic mass is 32.2. The van der Waals surface area contributed by atoms with Crippen molar-refractivity contribution in [2.24, 2.45) is 0 Å². The van der Waals surface area contributed by atoms with Crippen LogP contribution >= 0.6 is 0 Å². The van der Waals surface area contributed by atoms with E-state index in [9.17, 15) is 43.5 Å². The van der Waals surface area contributed by atoms with Crippen molar-refractivity contribution in [3.63, 3.8) is 0 Å². The number of benzene rings is 1. The Morgan fingerprint density at radius 3 is 1.86 bits per heavy atom. The molecule has 3 nitrogen and oxygen atoms in total. The van der Waals surface area contributed by atoms with Crippen molar-refractivity contribution < 1.29 is 47.7 Å². The van der Waals surface area contributed by atoms with Crippen molar-refractivity contribution in [2.75, 3.05) is 0 Å². The molecule has 0 heterocycles. The number of rotatable bonds is 3. The van der Waals surface area contributed by atoms with Crippen LogP contribution in [0.25, 0.3) is 0 Å². The molecule has 0 saturated carbocycles. The van der Waals surface area contributed by atoms with Crippen molar-refractivity contribution in [2.45, 2.75) is 17.6 Å². The fourth-order valence-corrected chi connectivity index (χ4v) is 1.53. The number of hydrogen-bond donors (Lipinski definition) is 0. The third kappa shape index (κ3) is 3.54. The van der Waals surface area contributed by atoms with Crippen molar-refractivity contribution in [1.82, 2.24) is 0 Å². The molecule has 0 unspecified atom stereocenters. The minimum Gasteiger partial charge on any atom is -0.376 e. The maximum Gasteiger partial charge on any atom is 0.534 e. The topological polar surface area (TPSA) is 43.4 Å². The summed E-state index contributed by atoms with van der Waals surface area (Å²) < 4.78 is 123. The summed E-state index contributed by atoms with van der Waals surface area (Å²) in [7, 11) is -6.17. The summed E-state index contributed by atoms with van der Waals surface area (Å²) in [6.07, 6.45) is -6.01. The largest absolute Gasteiger partial charge is 0.534 e. The van der Waals surface area contributed by atoms with E-state index in [1.807, 2.05) is 0 Å². The molecule has 0 aromatic heterocycles. The summed E-state index contributed by atoms with van der Waals surface area (Å²) >= 11 is 0. The summed E-state index contributed by atoms with van der Waals surface area (Å²) in [5, 5.41) is 0. The molecule has 0 radical (unpaired) electrons. The smallest absolute Gasteiger partial charge is 0.376 e. The van der Waals surface area contributed by atoms with E-state index in [1.54, 1.807) is 0 Å². The van der Waals surface area contributed by atoms with Gasteiger partial charge in [0.15, 0.2) is 0 Å². The van der Waals surface area contributed by atoms with Crippen LogP contribution in [0.3, 0.4) is 0 Å². The van der Waals surface area contributed by atoms with Crippen LogP contribution in [0.1, 0.15) is 5.56 Å². The number of alkyl halides is 8. The Bertz CT molecular complexity index is 617. The summed E-state index contributed by atoms with van der Waals surface area (Å²) in [5.74, 6) is -6.71. The van der Waals surface area contributed by atoms with Crippen molar-refractivity contribution in [3.8, 4) is 5.75 Å². The van der Waals surface area contributed by atoms with E-state index in [4.69, 9.17) is 0 Å². The molecule has 12 heteroatoms. The first kappa shape index (κ1) is 17.5. The van der Waals surface area contributed by atoms with Gasteiger partial charge in [-0.2, -0.15) is 43.5 Å². The van der Waals surface area contributed by atoms with E-state index in [1.165, 1.54) is 0 Å². The Morgan fingerprint density at radius 2 is 1.43 bits per heavy atom. The van der Waals surface area contributed by atoms with Crippen LogP contribution < -0.4 is 4.18 Å². The normalized spacial score (nSPS) is 14.1. The first-order chi connectivity index (χ1) is 9.18. The van der Waals surface area contributed by atoms with E-state index < -0.39 is 39.0 Å². The van der Waals surface area contributed by atoms with E-state index in [2.05, 4.69) is 4.18 Å². The summed E-state index contributed by atoms with van der Waals surface area (Å²) in [5.41, 5.74) is -7.61. The monoisotopic (exact) mass is 344 g/mol. The van der Waals surface area contributed by atoms with Crippen LogP contribution in [0.5, 0.6) is 5.75 Å². The zero-order valence-electron chi connectivity index (χ0n) is 9.47. The lowest BCUT2D eigenvalue weighted by atomic mass is 10.1. The van der Waals surface area contributed by atoms with Crippen LogP contribution in [0, 0.1) is 0 Å². The fraction of sp³-hybridized carbons (Fsp3) is 0.333. The Hall–Kier alpha value is -1.59. The third-order valence-electron chi connectivity index (χ3n) is 2.04. The highest BCUT2D eigenvalue weighted by Gasteiger charge is 2.59. The molecule has 0 aliphatic carbocycles. The quantitative estimate of drug-likeness (QED) is 0.478. The van der Waals surface area contributed by atoms with Gasteiger partial charge in [-0.15, -0.1) is 0 Å². The molecule has 0 bridgehead atoms. The summed E-state index contributed by atoms with van der Waals surface area (Å²) in [4.78, 5) is 0. The molecule has 0 atom stereocenters. The first-order valence-corrected chi connectivity index (χ1v) is 6.15. The van der Waals surface area contributed by atoms with Crippen LogP contribution in [-0.4, -0.2) is 20.1 Å². The molecule has 1 aromatic carbocycles. The van der Waals surface area contributed by atoms with E-state index in [0.717, 1.165) is 0 Å². The highest BCUT2D eigenvalue weighted by molar-refractivity contribution is 7.87. The Labute approximate surface area is 112 Å². The Kier molecular flexibility index (Phi) is 4.16. The molecular formula is C9H4F8O3S. The lowest BCUT2D eigenvalue weighted by molar-refractivity contribution is -0.289. The average molecular weight is 344 g/mol. The van der Waals surface area contributed by atoms with Crippen LogP contribution in [-0.2, 0) is 16.0 Å². The van der Waals surface area contributed by atoms with Gasteiger partial charge >= 0.3 is 27.7 Å². The number of halogens is 8. The Balaban J connectivity index is 3.20. The molecule has 21 heavy (non-hydrogen) atoms. The number of hydrogen-bond acceptors (Lipinski definition) is 3. The van der Waals surface area contributed by atoms with Crippen LogP contribution in [0.2, 0.25) is 0 Å². The van der Waals surface area contributed by atoms with Gasteiger partial charge in [-0.25, -0.2) is 0 Å². The van der Waals surface area contributed by atoms with Crippen molar-refractivity contribution in [1.29, 1.82) is 0 Å². The minimum absolute atomic E-state index is 0.142. The second kappa shape index (κ2) is 5.00. The van der Waals surface area contributed by atoms with Gasteiger partial charge in [-0.3, -0.25) is 0 Å². The second-order valence-electron chi connectivity index (χ2n) is 3.58. The molecule has 0 aliphatic rings. The fourth-order valence-electron chi connectivity index (χ4n) is 1.08. The molecule has 0 N–H and O–H groups in total. The molecule has 0 fully saturated rings. The van der Waals surface area contributed by atoms with Crippen molar-refractivity contribution >= 4 is 10.1 Å². The van der Waals surface area contributed by atoms with Gasteiger partial charge in [0.2, 0.25) is 0 Å². The van der Waals surface area contributed by atoms with E-state index in [0.29, 0.717) is 12.1 Å². The molecule has 0 aliphatic heterocycles. The standard InChI is InChI=1S/C9H4F8O3S/c10-7(11,8(12,13)14)5-2-1-3-6(4-5)20-21(18,19)9(15,16)17/h1-4H. The van der Waals surface area contributed by atoms with Crippen LogP contribution in [0.15, 0.2) is 24.3 Å². The highest BCUT2D eigenvalue weighted by Crippen LogP contribution is 2.44. The van der Waals surface area contributed by atoms with E-state index >= 15 is 0 Å². The van der Waals surface area contributed by atoms with Gasteiger partial charge in [0.1, 0.15) is 5.75 Å². The van der Waals surface area contributed by atoms with Gasteiger partial charge < -0.3 is 4.18 Å². The second-order valence-corrected chi connectivity index (χ2v) is 5.12. The molecule has 1 aromatic rings. The molecule has 1 rings (SSSR count). The van der Waals surface area contributed by atoms with Gasteiger partial charge in [0.25, 0.3) is 0 Å². The summed E-state index contributed by atoms with van der Waals surface area (Å²) in [6, 6.07) is 1.10. The first-order valence-electron chi connectivity index (χ1n) is 4.74. The van der Waals surface area contributed by atoms with E-state index in [-0.39, 0.29) is 12.1 Å². The Morgan fingerprint density at radius 1 is 0.905 bits per heavy atom. The van der Waals surface area contributed by atoms with Crippen molar-refractivity contribution in [3.05, 3.63) is 29.8 Å². The average Bonchev–Trinajstić information content (AvgIpc) is 2.25. The lowest BCUT2D eigenvalue weighted by Gasteiger charge is -2.20. The molecule has 0 amide bonds. The van der Waals surface area contributed by atoms with Gasteiger partial charge in [-0.1, -0.05) is 12.1 Å². The zero-order valence-corrected chi connectivity index (χ0v) is 10.3. The lowest BCUT2D eigenvalue weighted by Crippen LogP contribution is -2.33. The maximum absolute atomic E-state index is 13.0. The van der Waals surface area contributed by atoms with Gasteiger partial charge in [0.05, 0.1) is 0 Å². The summed E-state index contributed by atoms with van der Waals surface area (Å²) in [6.45, 7) is 0. The minimum atomic E-state index is -6.17. The van der Waals surface area contributed by atoms with Crippen LogP contribution in [0.4, 0.5) is 35.1 Å².